The number of halogens is 2. The topological polar surface area (TPSA) is 55.6 Å². The first-order valence-corrected chi connectivity index (χ1v) is 6.94. The number of carbonyl (C=O) groups excluding carboxylic acids is 1. The molecule has 20 heavy (non-hydrogen) atoms. The van der Waals surface area contributed by atoms with Gasteiger partial charge in [-0.15, -0.1) is 0 Å². The van der Waals surface area contributed by atoms with E-state index in [0.717, 1.165) is 6.42 Å². The number of hydrogen-bond donors (Lipinski definition) is 1. The summed E-state index contributed by atoms with van der Waals surface area (Å²) in [6, 6.07) is 4.29. The molecule has 2 unspecified atom stereocenters. The maximum absolute atomic E-state index is 13.9. The van der Waals surface area contributed by atoms with E-state index in [1.165, 1.54) is 12.1 Å². The van der Waals surface area contributed by atoms with Crippen molar-refractivity contribution >= 4 is 17.5 Å². The number of amides is 1. The molecule has 2 atom stereocenters. The van der Waals surface area contributed by atoms with Gasteiger partial charge >= 0.3 is 0 Å². The molecule has 0 saturated carbocycles. The third-order valence-corrected chi connectivity index (χ3v) is 4.01. The van der Waals surface area contributed by atoms with Crippen molar-refractivity contribution in [2.45, 2.75) is 25.0 Å². The van der Waals surface area contributed by atoms with Crippen LogP contribution in [0.15, 0.2) is 18.2 Å². The fourth-order valence-corrected chi connectivity index (χ4v) is 2.72. The van der Waals surface area contributed by atoms with Crippen LogP contribution in [0.1, 0.15) is 23.2 Å². The molecule has 1 fully saturated rings. The first kappa shape index (κ1) is 15.2. The van der Waals surface area contributed by atoms with Gasteiger partial charge < -0.3 is 15.4 Å². The van der Waals surface area contributed by atoms with Gasteiger partial charge in [0.1, 0.15) is 0 Å². The number of carbonyl (C=O) groups is 1. The Morgan fingerprint density at radius 2 is 2.35 bits per heavy atom. The second-order valence-corrected chi connectivity index (χ2v) is 5.28. The molecule has 1 heterocycles. The van der Waals surface area contributed by atoms with Gasteiger partial charge in [0, 0.05) is 26.2 Å². The normalized spacial score (nSPS) is 22.9. The minimum Gasteiger partial charge on any atom is -0.381 e. The van der Waals surface area contributed by atoms with Crippen molar-refractivity contribution in [2.75, 3.05) is 20.2 Å². The number of nitrogens with zero attached hydrogens (tertiary/aromatic N) is 1. The molecule has 2 rings (SSSR count). The van der Waals surface area contributed by atoms with Crippen LogP contribution in [0.3, 0.4) is 0 Å². The standard InChI is InChI=1S/C14H18ClFN2O2/c1-20-10-5-6-18(9(7-10)8-17)14(19)11-3-2-4-12(15)13(11)16/h2-4,9-10H,5-8,17H2,1H3. The molecule has 6 heteroatoms. The van der Waals surface area contributed by atoms with Crippen molar-refractivity contribution in [1.29, 1.82) is 0 Å². The lowest BCUT2D eigenvalue weighted by molar-refractivity contribution is 0.0137. The van der Waals surface area contributed by atoms with Gasteiger partial charge in [0.15, 0.2) is 5.82 Å². The molecular weight excluding hydrogens is 283 g/mol. The molecule has 0 bridgehead atoms. The van der Waals surface area contributed by atoms with E-state index >= 15 is 0 Å². The Hall–Kier alpha value is -1.17. The van der Waals surface area contributed by atoms with E-state index in [0.29, 0.717) is 19.5 Å². The zero-order chi connectivity index (χ0) is 14.7. The molecule has 0 aromatic heterocycles. The van der Waals surface area contributed by atoms with E-state index in [9.17, 15) is 9.18 Å². The molecule has 0 spiro atoms. The van der Waals surface area contributed by atoms with Gasteiger partial charge in [-0.2, -0.15) is 0 Å². The molecule has 1 aliphatic rings. The fourth-order valence-electron chi connectivity index (χ4n) is 2.54. The van der Waals surface area contributed by atoms with Crippen LogP contribution in [-0.2, 0) is 4.74 Å². The van der Waals surface area contributed by atoms with Crippen LogP contribution in [0, 0.1) is 5.82 Å². The third-order valence-electron chi connectivity index (χ3n) is 3.72. The van der Waals surface area contributed by atoms with Crippen LogP contribution in [0.25, 0.3) is 0 Å². The highest BCUT2D eigenvalue weighted by Gasteiger charge is 2.32. The van der Waals surface area contributed by atoms with E-state index in [1.807, 2.05) is 0 Å². The van der Waals surface area contributed by atoms with Crippen molar-refractivity contribution in [1.82, 2.24) is 4.90 Å². The van der Waals surface area contributed by atoms with E-state index < -0.39 is 5.82 Å². The van der Waals surface area contributed by atoms with Crippen LogP contribution < -0.4 is 5.73 Å². The summed E-state index contributed by atoms with van der Waals surface area (Å²) in [6.45, 7) is 0.832. The highest BCUT2D eigenvalue weighted by Crippen LogP contribution is 2.24. The fraction of sp³-hybridized carbons (Fsp3) is 0.500. The van der Waals surface area contributed by atoms with Crippen molar-refractivity contribution in [3.63, 3.8) is 0 Å². The van der Waals surface area contributed by atoms with Gasteiger partial charge in [-0.1, -0.05) is 17.7 Å². The average molecular weight is 301 g/mol. The molecule has 1 saturated heterocycles. The predicted molar refractivity (Wildman–Crippen MR) is 75.3 cm³/mol. The lowest BCUT2D eigenvalue weighted by Gasteiger charge is -2.38. The smallest absolute Gasteiger partial charge is 0.257 e. The largest absolute Gasteiger partial charge is 0.381 e. The zero-order valence-corrected chi connectivity index (χ0v) is 12.1. The summed E-state index contributed by atoms with van der Waals surface area (Å²) >= 11 is 5.72. The Bertz CT molecular complexity index is 498. The summed E-state index contributed by atoms with van der Waals surface area (Å²) in [7, 11) is 1.65. The Morgan fingerprint density at radius 3 is 3.00 bits per heavy atom. The summed E-state index contributed by atoms with van der Waals surface area (Å²) in [6.07, 6.45) is 1.48. The monoisotopic (exact) mass is 300 g/mol. The predicted octanol–water partition coefficient (Wildman–Crippen LogP) is 2.06. The molecule has 1 amide bonds. The highest BCUT2D eigenvalue weighted by atomic mass is 35.5. The number of benzene rings is 1. The third kappa shape index (κ3) is 2.95. The van der Waals surface area contributed by atoms with Gasteiger partial charge in [-0.3, -0.25) is 4.79 Å². The van der Waals surface area contributed by atoms with E-state index in [1.54, 1.807) is 18.1 Å². The number of hydrogen-bond acceptors (Lipinski definition) is 3. The second-order valence-electron chi connectivity index (χ2n) is 4.87. The highest BCUT2D eigenvalue weighted by molar-refractivity contribution is 6.31. The molecule has 110 valence electrons. The molecular formula is C14H18ClFN2O2. The zero-order valence-electron chi connectivity index (χ0n) is 11.3. The van der Waals surface area contributed by atoms with Crippen molar-refractivity contribution in [3.05, 3.63) is 34.6 Å². The molecule has 4 nitrogen and oxygen atoms in total. The van der Waals surface area contributed by atoms with Gasteiger partial charge in [0.2, 0.25) is 0 Å². The van der Waals surface area contributed by atoms with Crippen molar-refractivity contribution in [2.24, 2.45) is 5.73 Å². The first-order valence-electron chi connectivity index (χ1n) is 6.56. The minimum absolute atomic E-state index is 0.00758. The number of rotatable bonds is 3. The first-order chi connectivity index (χ1) is 9.58. The van der Waals surface area contributed by atoms with Crippen LogP contribution in [-0.4, -0.2) is 43.2 Å². The summed E-state index contributed by atoms with van der Waals surface area (Å²) < 4.78 is 19.3. The summed E-state index contributed by atoms with van der Waals surface area (Å²) in [5.74, 6) is -1.04. The van der Waals surface area contributed by atoms with Gasteiger partial charge in [-0.05, 0) is 25.0 Å². The van der Waals surface area contributed by atoms with Crippen molar-refractivity contribution in [3.8, 4) is 0 Å². The SMILES string of the molecule is COC1CCN(C(=O)c2cccc(Cl)c2F)C(CN)C1. The van der Waals surface area contributed by atoms with E-state index in [4.69, 9.17) is 22.1 Å². The summed E-state index contributed by atoms with van der Waals surface area (Å²) in [5, 5.41) is -0.0491. The van der Waals surface area contributed by atoms with Crippen LogP contribution in [0.4, 0.5) is 4.39 Å². The molecule has 0 radical (unpaired) electrons. The maximum Gasteiger partial charge on any atom is 0.257 e. The Balaban J connectivity index is 2.22. The van der Waals surface area contributed by atoms with Crippen LogP contribution in [0.5, 0.6) is 0 Å². The number of nitrogens with two attached hydrogens (primary N) is 1. The van der Waals surface area contributed by atoms with Gasteiger partial charge in [0.25, 0.3) is 5.91 Å². The lowest BCUT2D eigenvalue weighted by Crippen LogP contribution is -2.51. The van der Waals surface area contributed by atoms with Gasteiger partial charge in [-0.25, -0.2) is 4.39 Å². The van der Waals surface area contributed by atoms with E-state index in [-0.39, 0.29) is 28.6 Å². The quantitative estimate of drug-likeness (QED) is 0.929. The molecule has 1 aromatic rings. The number of likely N-dealkylation sites (tertiary alicyclic amines) is 1. The number of ether oxygens (including phenoxy) is 1. The number of piperidine rings is 1. The molecule has 1 aromatic carbocycles. The molecule has 1 aliphatic heterocycles. The Morgan fingerprint density at radius 1 is 1.60 bits per heavy atom. The average Bonchev–Trinajstić information content (AvgIpc) is 2.48. The molecule has 0 aliphatic carbocycles. The minimum atomic E-state index is -0.677. The van der Waals surface area contributed by atoms with Crippen LogP contribution in [0.2, 0.25) is 5.02 Å². The van der Waals surface area contributed by atoms with E-state index in [2.05, 4.69) is 0 Å². The van der Waals surface area contributed by atoms with Gasteiger partial charge in [0.05, 0.1) is 16.7 Å². The summed E-state index contributed by atoms with van der Waals surface area (Å²) in [4.78, 5) is 14.1. The Labute approximate surface area is 122 Å². The van der Waals surface area contributed by atoms with Crippen LogP contribution >= 0.6 is 11.6 Å². The second kappa shape index (κ2) is 6.52. The van der Waals surface area contributed by atoms with Crippen molar-refractivity contribution < 1.29 is 13.9 Å². The number of methoxy groups -OCH3 is 1. The summed E-state index contributed by atoms with van der Waals surface area (Å²) in [5.41, 5.74) is 5.72. The molecule has 2 N–H and O–H groups in total. The Kier molecular flexibility index (Phi) is 4.96. The maximum atomic E-state index is 13.9. The lowest BCUT2D eigenvalue weighted by atomic mass is 9.98.